The highest BCUT2D eigenvalue weighted by atomic mass is 19.1. The predicted molar refractivity (Wildman–Crippen MR) is 133 cm³/mol. The number of carbonyl (C=O) groups is 2. The van der Waals surface area contributed by atoms with Gasteiger partial charge in [0, 0.05) is 5.56 Å². The number of halogens is 1. The largest absolute Gasteiger partial charge is 0.495 e. The molecule has 2 amide bonds. The first-order chi connectivity index (χ1) is 17.1. The fraction of sp³-hybridized carbons (Fsp3) is 0.0714. The van der Waals surface area contributed by atoms with Crippen LogP contribution in [0.15, 0.2) is 97.1 Å². The molecule has 0 atom stereocenters. The highest BCUT2D eigenvalue weighted by Crippen LogP contribution is 2.26. The Hall–Kier alpha value is -4.65. The Labute approximate surface area is 202 Å². The van der Waals surface area contributed by atoms with Crippen LogP contribution in [0.2, 0.25) is 0 Å². The van der Waals surface area contributed by atoms with Gasteiger partial charge in [0.25, 0.3) is 11.8 Å². The number of hydrogen-bond acceptors (Lipinski definition) is 4. The maximum Gasteiger partial charge on any atom is 0.259 e. The number of nitrogens with one attached hydrogen (secondary N) is 2. The molecule has 2 N–H and O–H groups in total. The first-order valence-corrected chi connectivity index (χ1v) is 10.9. The molecule has 0 radical (unpaired) electrons. The monoisotopic (exact) mass is 470 g/mol. The molecule has 0 heterocycles. The summed E-state index contributed by atoms with van der Waals surface area (Å²) in [5, 5.41) is 5.60. The number of amides is 2. The molecule has 0 aliphatic carbocycles. The van der Waals surface area contributed by atoms with Gasteiger partial charge < -0.3 is 20.1 Å². The molecule has 0 saturated heterocycles. The molecule has 0 aliphatic rings. The van der Waals surface area contributed by atoms with E-state index in [4.69, 9.17) is 9.47 Å². The van der Waals surface area contributed by atoms with Crippen molar-refractivity contribution >= 4 is 23.2 Å². The zero-order valence-electron chi connectivity index (χ0n) is 19.0. The summed E-state index contributed by atoms with van der Waals surface area (Å²) in [6.07, 6.45) is 0. The van der Waals surface area contributed by atoms with E-state index in [-0.39, 0.29) is 23.6 Å². The summed E-state index contributed by atoms with van der Waals surface area (Å²) in [6, 6.07) is 26.7. The van der Waals surface area contributed by atoms with Gasteiger partial charge in [-0.25, -0.2) is 4.39 Å². The van der Waals surface area contributed by atoms with Crippen molar-refractivity contribution in [1.82, 2.24) is 0 Å². The second-order valence-corrected chi connectivity index (χ2v) is 7.53. The Kier molecular flexibility index (Phi) is 7.37. The zero-order valence-corrected chi connectivity index (χ0v) is 19.0. The normalized spacial score (nSPS) is 10.3. The van der Waals surface area contributed by atoms with Crippen molar-refractivity contribution in [3.8, 4) is 11.5 Å². The molecule has 4 aromatic rings. The molecule has 4 rings (SSSR count). The lowest BCUT2D eigenvalue weighted by molar-refractivity contribution is 0.102. The number of rotatable bonds is 8. The zero-order chi connectivity index (χ0) is 24.6. The van der Waals surface area contributed by atoms with Crippen LogP contribution in [0.5, 0.6) is 11.5 Å². The van der Waals surface area contributed by atoms with Gasteiger partial charge in [0.1, 0.15) is 23.9 Å². The summed E-state index contributed by atoms with van der Waals surface area (Å²) >= 11 is 0. The van der Waals surface area contributed by atoms with Crippen molar-refractivity contribution in [3.63, 3.8) is 0 Å². The van der Waals surface area contributed by atoms with Gasteiger partial charge >= 0.3 is 0 Å². The number of benzene rings is 4. The average Bonchev–Trinajstić information content (AvgIpc) is 2.89. The minimum absolute atomic E-state index is 0.0329. The highest BCUT2D eigenvalue weighted by Gasteiger charge is 2.18. The quantitative estimate of drug-likeness (QED) is 0.335. The van der Waals surface area contributed by atoms with E-state index in [1.807, 2.05) is 0 Å². The summed E-state index contributed by atoms with van der Waals surface area (Å²) < 4.78 is 25.0. The van der Waals surface area contributed by atoms with Crippen LogP contribution < -0.4 is 20.1 Å². The number of hydrogen-bond donors (Lipinski definition) is 2. The number of ether oxygens (including phenoxy) is 2. The second kappa shape index (κ2) is 11.0. The van der Waals surface area contributed by atoms with Crippen molar-refractivity contribution in [2.45, 2.75) is 6.61 Å². The first-order valence-electron chi connectivity index (χ1n) is 10.9. The second-order valence-electron chi connectivity index (χ2n) is 7.53. The Bertz CT molecular complexity index is 1360. The van der Waals surface area contributed by atoms with Crippen molar-refractivity contribution in [1.29, 1.82) is 0 Å². The van der Waals surface area contributed by atoms with E-state index in [1.165, 1.54) is 13.2 Å². The number of carbonyl (C=O) groups excluding carboxylic acids is 2. The van der Waals surface area contributed by atoms with Gasteiger partial charge in [-0.1, -0.05) is 54.6 Å². The Morgan fingerprint density at radius 3 is 1.97 bits per heavy atom. The molecule has 0 unspecified atom stereocenters. The molecule has 176 valence electrons. The van der Waals surface area contributed by atoms with Gasteiger partial charge in [-0.05, 0) is 42.5 Å². The minimum Gasteiger partial charge on any atom is -0.495 e. The average molecular weight is 471 g/mol. The number of anilines is 2. The molecule has 0 aromatic heterocycles. The molecule has 4 aromatic carbocycles. The molecule has 35 heavy (non-hydrogen) atoms. The first kappa shape index (κ1) is 23.5. The van der Waals surface area contributed by atoms with Crippen LogP contribution in [0, 0.1) is 5.82 Å². The van der Waals surface area contributed by atoms with Gasteiger partial charge in [0.2, 0.25) is 0 Å². The van der Waals surface area contributed by atoms with E-state index in [0.717, 1.165) is 0 Å². The van der Waals surface area contributed by atoms with Crippen LogP contribution in [0.4, 0.5) is 15.8 Å². The van der Waals surface area contributed by atoms with E-state index in [0.29, 0.717) is 28.4 Å². The van der Waals surface area contributed by atoms with Crippen LogP contribution in [0.1, 0.15) is 26.3 Å². The molecule has 0 bridgehead atoms. The van der Waals surface area contributed by atoms with Crippen molar-refractivity contribution in [2.24, 2.45) is 0 Å². The van der Waals surface area contributed by atoms with Crippen LogP contribution in [-0.2, 0) is 6.61 Å². The van der Waals surface area contributed by atoms with Crippen LogP contribution >= 0.6 is 0 Å². The molecular formula is C28H23FN2O4. The third-order valence-electron chi connectivity index (χ3n) is 5.25. The molecule has 0 fully saturated rings. The predicted octanol–water partition coefficient (Wildman–Crippen LogP) is 5.92. The van der Waals surface area contributed by atoms with Crippen molar-refractivity contribution in [3.05, 3.63) is 120 Å². The molecule has 0 spiro atoms. The van der Waals surface area contributed by atoms with E-state index in [9.17, 15) is 14.0 Å². The summed E-state index contributed by atoms with van der Waals surface area (Å²) in [5.41, 5.74) is 1.74. The van der Waals surface area contributed by atoms with Gasteiger partial charge in [0.15, 0.2) is 0 Å². The fourth-order valence-electron chi connectivity index (χ4n) is 3.47. The van der Waals surface area contributed by atoms with Crippen LogP contribution in [0.3, 0.4) is 0 Å². The fourth-order valence-corrected chi connectivity index (χ4v) is 3.47. The maximum atomic E-state index is 14.0. The Balaban J connectivity index is 1.52. The Morgan fingerprint density at radius 1 is 0.686 bits per heavy atom. The summed E-state index contributed by atoms with van der Waals surface area (Å²) in [7, 11) is 1.52. The highest BCUT2D eigenvalue weighted by molar-refractivity contribution is 6.13. The number of para-hydroxylation sites is 4. The third kappa shape index (κ3) is 5.65. The summed E-state index contributed by atoms with van der Waals surface area (Å²) in [4.78, 5) is 26.1. The molecule has 7 heteroatoms. The topological polar surface area (TPSA) is 76.7 Å². The molecular weight excluding hydrogens is 447 g/mol. The number of methoxy groups -OCH3 is 1. The SMILES string of the molecule is COc1ccccc1NC(=O)c1ccccc1NC(=O)c1ccccc1OCc1ccccc1F. The smallest absolute Gasteiger partial charge is 0.259 e. The van der Waals surface area contributed by atoms with Gasteiger partial charge in [-0.15, -0.1) is 0 Å². The van der Waals surface area contributed by atoms with E-state index in [2.05, 4.69) is 10.6 Å². The molecule has 0 aliphatic heterocycles. The lowest BCUT2D eigenvalue weighted by atomic mass is 10.1. The lowest BCUT2D eigenvalue weighted by Gasteiger charge is -2.15. The third-order valence-corrected chi connectivity index (χ3v) is 5.25. The molecule has 0 saturated carbocycles. The lowest BCUT2D eigenvalue weighted by Crippen LogP contribution is -2.19. The summed E-state index contributed by atoms with van der Waals surface area (Å²) in [5.74, 6) is -0.446. The van der Waals surface area contributed by atoms with Crippen molar-refractivity contribution < 1.29 is 23.5 Å². The van der Waals surface area contributed by atoms with E-state index in [1.54, 1.807) is 91.0 Å². The summed E-state index contributed by atoms with van der Waals surface area (Å²) in [6.45, 7) is -0.0329. The van der Waals surface area contributed by atoms with Gasteiger partial charge in [-0.3, -0.25) is 9.59 Å². The maximum absolute atomic E-state index is 14.0. The Morgan fingerprint density at radius 2 is 1.23 bits per heavy atom. The standard InChI is InChI=1S/C28H23FN2O4/c1-34-26-17-9-7-15-24(26)31-27(32)20-11-3-6-14-23(20)30-28(33)21-12-4-8-16-25(21)35-18-19-10-2-5-13-22(19)29/h2-17H,18H2,1H3,(H,30,33)(H,31,32). The van der Waals surface area contributed by atoms with E-state index < -0.39 is 11.8 Å². The van der Waals surface area contributed by atoms with Crippen LogP contribution in [-0.4, -0.2) is 18.9 Å². The van der Waals surface area contributed by atoms with Gasteiger partial charge in [0.05, 0.1) is 29.6 Å². The van der Waals surface area contributed by atoms with E-state index >= 15 is 0 Å². The minimum atomic E-state index is -0.466. The van der Waals surface area contributed by atoms with Crippen LogP contribution in [0.25, 0.3) is 0 Å². The van der Waals surface area contributed by atoms with Crippen molar-refractivity contribution in [2.75, 3.05) is 17.7 Å². The molecule has 6 nitrogen and oxygen atoms in total. The van der Waals surface area contributed by atoms with Gasteiger partial charge in [-0.2, -0.15) is 0 Å².